The summed E-state index contributed by atoms with van der Waals surface area (Å²) >= 11 is 8.94. The first kappa shape index (κ1) is 67.5. The highest BCUT2D eigenvalue weighted by Gasteiger charge is 2.19. The molecule has 0 aliphatic rings. The van der Waals surface area contributed by atoms with E-state index in [1.807, 2.05) is 106 Å². The fraction of sp³-hybridized carbons (Fsp3) is 0.475. The molecule has 3 N–H and O–H groups in total. The van der Waals surface area contributed by atoms with Gasteiger partial charge in [-0.2, -0.15) is 0 Å². The molecule has 4 aromatic carbocycles. The predicted octanol–water partition coefficient (Wildman–Crippen LogP) is 13.6. The summed E-state index contributed by atoms with van der Waals surface area (Å²) in [6.45, 7) is 24.9. The molecule has 6 aromatic rings. The first-order valence-electron chi connectivity index (χ1n) is 27.2. The number of aromatic hydroxyl groups is 3. The molecule has 0 spiro atoms. The summed E-state index contributed by atoms with van der Waals surface area (Å²) in [4.78, 5) is 49.3. The number of hydrogen-bond acceptors (Lipinski definition) is 21. The maximum atomic E-state index is 12.4. The van der Waals surface area contributed by atoms with Crippen molar-refractivity contribution in [3.05, 3.63) is 121 Å². The Bertz CT molecular complexity index is 2630. The molecule has 4 unspecified atom stereocenters. The fourth-order valence-electron chi connectivity index (χ4n) is 8.48. The normalized spacial score (nSPS) is 12.6. The Morgan fingerprint density at radius 2 is 0.573 bits per heavy atom. The largest absolute Gasteiger partial charge is 0.507 e. The number of rotatable bonds is 28. The number of thioether (sulfide) groups is 4. The number of hydrogen-bond donors (Lipinski definition) is 3. The van der Waals surface area contributed by atoms with Gasteiger partial charge in [0, 0.05) is 48.7 Å². The first-order valence-corrected chi connectivity index (χ1v) is 32.8. The van der Waals surface area contributed by atoms with Crippen molar-refractivity contribution >= 4 is 93.6 Å². The lowest BCUT2D eigenvalue weighted by atomic mass is 9.98. The van der Waals surface area contributed by atoms with Gasteiger partial charge in [-0.15, -0.1) is 20.4 Å². The van der Waals surface area contributed by atoms with Crippen molar-refractivity contribution in [2.45, 2.75) is 183 Å². The number of carbonyl (C=O) groups excluding carboxylic acids is 4. The third kappa shape index (κ3) is 23.0. The van der Waals surface area contributed by atoms with Crippen molar-refractivity contribution in [1.29, 1.82) is 0 Å². The second kappa shape index (κ2) is 33.2. The van der Waals surface area contributed by atoms with E-state index in [9.17, 15) is 34.5 Å². The van der Waals surface area contributed by atoms with E-state index in [0.29, 0.717) is 72.4 Å². The zero-order valence-corrected chi connectivity index (χ0v) is 54.2. The van der Waals surface area contributed by atoms with Crippen molar-refractivity contribution < 1.29 is 53.4 Å². The van der Waals surface area contributed by atoms with Crippen LogP contribution < -0.4 is 0 Å². The van der Waals surface area contributed by atoms with Crippen LogP contribution in [0.5, 0.6) is 17.2 Å². The lowest BCUT2D eigenvalue weighted by Gasteiger charge is -2.13. The molecule has 15 nitrogen and oxygen atoms in total. The Labute approximate surface area is 508 Å². The minimum Gasteiger partial charge on any atom is -0.507 e. The fourth-order valence-corrected chi connectivity index (χ4v) is 14.3. The molecule has 0 bridgehead atoms. The van der Waals surface area contributed by atoms with Gasteiger partial charge in [0.15, 0.2) is 17.4 Å². The highest BCUT2D eigenvalue weighted by Crippen LogP contribution is 2.33. The molecule has 0 amide bonds. The smallest absolute Gasteiger partial charge is 0.306 e. The lowest BCUT2D eigenvalue weighted by molar-refractivity contribution is -0.148. The number of benzene rings is 4. The Balaban J connectivity index is 0.000000301. The minimum absolute atomic E-state index is 0.195. The number of ether oxygens (including phenoxy) is 4. The molecule has 82 heavy (non-hydrogen) atoms. The predicted molar refractivity (Wildman–Crippen MR) is 332 cm³/mol. The van der Waals surface area contributed by atoms with Gasteiger partial charge in [-0.05, 0) is 188 Å². The van der Waals surface area contributed by atoms with Gasteiger partial charge in [-0.25, -0.2) is 0 Å². The summed E-state index contributed by atoms with van der Waals surface area (Å²) in [7, 11) is 0. The van der Waals surface area contributed by atoms with Crippen LogP contribution in [0.1, 0.15) is 126 Å². The maximum absolute atomic E-state index is 12.4. The highest BCUT2D eigenvalue weighted by molar-refractivity contribution is 8.03. The molecular weight excluding hydrogens is 1160 g/mol. The van der Waals surface area contributed by atoms with E-state index in [1.54, 1.807) is 0 Å². The average molecular weight is 1240 g/mol. The molecule has 0 aliphatic carbocycles. The highest BCUT2D eigenvalue weighted by atomic mass is 32.2. The second-order valence-electron chi connectivity index (χ2n) is 20.7. The Kier molecular flexibility index (Phi) is 27.4. The van der Waals surface area contributed by atoms with Crippen molar-refractivity contribution in [2.24, 2.45) is 0 Å². The van der Waals surface area contributed by atoms with Gasteiger partial charge in [0.1, 0.15) is 41.7 Å². The van der Waals surface area contributed by atoms with Gasteiger partial charge in [0.05, 0.1) is 0 Å². The van der Waals surface area contributed by atoms with Crippen molar-refractivity contribution in [1.82, 2.24) is 20.4 Å². The van der Waals surface area contributed by atoms with Crippen LogP contribution in [0.15, 0.2) is 65.9 Å². The van der Waals surface area contributed by atoms with E-state index in [1.165, 1.54) is 86.4 Å². The standard InChI is InChI=1S/C31H40N2O5S3.C30H38N2O6S3/c1-18-12-25(13-19(2)24(18)7)8-10-27(34)37-22(5)16-39-30-32-33-31(41-30)40-17-23(6)38-28(35)11-9-26-14-20(3)29(36)21(4)15-26;1-17-11-23(12-18(2)27(17)35)7-9-25(33)37-21(5)15-39-29-31-32-30(41-29)40-16-22(6)38-26(34)10-8-24-13-19(3)28(36)20(4)14-24/h12-15,22-23,36H,8-11,16-17H2,1-7H3;11-14,21-22,35-36H,7-10,15-16H2,1-6H3. The summed E-state index contributed by atoms with van der Waals surface area (Å²) in [5.41, 5.74) is 12.8. The van der Waals surface area contributed by atoms with Gasteiger partial charge in [0.2, 0.25) is 0 Å². The molecule has 2 aromatic heterocycles. The van der Waals surface area contributed by atoms with Crippen LogP contribution in [0.25, 0.3) is 0 Å². The van der Waals surface area contributed by atoms with Crippen LogP contribution in [0, 0.1) is 62.3 Å². The second-order valence-corrected chi connectivity index (χ2v) is 27.7. The van der Waals surface area contributed by atoms with E-state index < -0.39 is 0 Å². The Hall–Kier alpha value is -5.32. The molecule has 0 fully saturated rings. The van der Waals surface area contributed by atoms with Crippen LogP contribution >= 0.6 is 69.7 Å². The van der Waals surface area contributed by atoms with Crippen molar-refractivity contribution in [3.63, 3.8) is 0 Å². The van der Waals surface area contributed by atoms with Gasteiger partial charge >= 0.3 is 23.9 Å². The average Bonchev–Trinajstić information content (AvgIpc) is 4.14. The van der Waals surface area contributed by atoms with Gasteiger partial charge in [-0.1, -0.05) is 118 Å². The lowest BCUT2D eigenvalue weighted by Crippen LogP contribution is -2.17. The Morgan fingerprint density at radius 3 is 0.780 bits per heavy atom. The summed E-state index contributed by atoms with van der Waals surface area (Å²) in [6, 6.07) is 15.7. The third-order valence-corrected chi connectivity index (χ3v) is 20.3. The zero-order chi connectivity index (χ0) is 60.2. The number of phenols is 3. The molecule has 21 heteroatoms. The third-order valence-electron chi connectivity index (χ3n) is 13.0. The number of esters is 4. The van der Waals surface area contributed by atoms with Gasteiger partial charge in [-0.3, -0.25) is 19.2 Å². The number of carbonyl (C=O) groups is 4. The summed E-state index contributed by atoms with van der Waals surface area (Å²) in [6.07, 6.45) is 2.50. The number of aromatic nitrogens is 4. The number of phenolic OH excluding ortho intramolecular Hbond substituents is 3. The van der Waals surface area contributed by atoms with Crippen LogP contribution in [-0.2, 0) is 63.8 Å². The van der Waals surface area contributed by atoms with E-state index >= 15 is 0 Å². The first-order chi connectivity index (χ1) is 38.8. The van der Waals surface area contributed by atoms with Crippen molar-refractivity contribution in [3.8, 4) is 17.2 Å². The van der Waals surface area contributed by atoms with Crippen LogP contribution in [0.3, 0.4) is 0 Å². The van der Waals surface area contributed by atoms with E-state index in [0.717, 1.165) is 73.0 Å². The summed E-state index contributed by atoms with van der Waals surface area (Å²) < 4.78 is 25.4. The van der Waals surface area contributed by atoms with Crippen molar-refractivity contribution in [2.75, 3.05) is 23.0 Å². The van der Waals surface area contributed by atoms with Gasteiger partial charge < -0.3 is 34.3 Å². The molecular formula is C61H78N4O11S6. The van der Waals surface area contributed by atoms with Crippen LogP contribution in [-0.4, -0.2) is 107 Å². The number of nitrogens with zero attached hydrogens (tertiary/aromatic N) is 4. The quantitative estimate of drug-likeness (QED) is 0.0236. The van der Waals surface area contributed by atoms with Crippen LogP contribution in [0.4, 0.5) is 0 Å². The van der Waals surface area contributed by atoms with E-state index in [4.69, 9.17) is 18.9 Å². The minimum atomic E-state index is -0.273. The molecule has 0 radical (unpaired) electrons. The SMILES string of the molecule is Cc1cc(CCC(=O)OC(C)CSc2nnc(SCC(C)OC(=O)CCc3cc(C)c(O)c(C)c3)s2)cc(C)c1C.Cc1cc(CCC(=O)OC(C)CSc2nnc(SCC(C)OC(=O)CCc3cc(C)c(O)c(C)c3)s2)cc(C)c1O. The number of aryl methyl sites for hydroxylation is 12. The Morgan fingerprint density at radius 1 is 0.378 bits per heavy atom. The van der Waals surface area contributed by atoms with E-state index in [-0.39, 0.29) is 67.6 Å². The molecule has 0 saturated carbocycles. The molecule has 4 atom stereocenters. The van der Waals surface area contributed by atoms with Crippen LogP contribution in [0.2, 0.25) is 0 Å². The monoisotopic (exact) mass is 1230 g/mol. The molecule has 2 heterocycles. The molecule has 0 saturated heterocycles. The summed E-state index contributed by atoms with van der Waals surface area (Å²) in [5.74, 6) is 2.24. The van der Waals surface area contributed by atoms with E-state index in [2.05, 4.69) is 53.3 Å². The molecule has 0 aliphatic heterocycles. The molecule has 444 valence electrons. The molecule has 6 rings (SSSR count). The zero-order valence-electron chi connectivity index (χ0n) is 49.3. The summed E-state index contributed by atoms with van der Waals surface area (Å²) in [5, 5.41) is 46.6. The topological polar surface area (TPSA) is 217 Å². The van der Waals surface area contributed by atoms with Gasteiger partial charge in [0.25, 0.3) is 0 Å². The maximum Gasteiger partial charge on any atom is 0.306 e.